The number of nitrogens with one attached hydrogen (secondary N) is 1. The summed E-state index contributed by atoms with van der Waals surface area (Å²) in [5.41, 5.74) is 0.574. The highest BCUT2D eigenvalue weighted by molar-refractivity contribution is 6.30. The van der Waals surface area contributed by atoms with Gasteiger partial charge in [0.05, 0.1) is 0 Å². The van der Waals surface area contributed by atoms with E-state index in [1.807, 2.05) is 4.90 Å². The maximum absolute atomic E-state index is 12.3. The molecule has 2 aliphatic rings. The fourth-order valence-corrected chi connectivity index (χ4v) is 4.29. The van der Waals surface area contributed by atoms with Gasteiger partial charge in [0.1, 0.15) is 0 Å². The van der Waals surface area contributed by atoms with Gasteiger partial charge in [0, 0.05) is 42.1 Å². The molecule has 2 aromatic rings. The maximum atomic E-state index is 12.3. The molecule has 1 aromatic carbocycles. The summed E-state index contributed by atoms with van der Waals surface area (Å²) < 4.78 is 5.31. The van der Waals surface area contributed by atoms with Gasteiger partial charge in [-0.05, 0) is 37.1 Å². The van der Waals surface area contributed by atoms with Gasteiger partial charge in [-0.1, -0.05) is 29.6 Å². The number of amides is 1. The van der Waals surface area contributed by atoms with E-state index >= 15 is 0 Å². The standard InChI is InChI=1S/C20H22ClN3O4/c21-14-7-5-13(6-8-14)18-17(20(26)27)19(23-28-18)22-10-12-9-16(25)24(11-12)15-3-1-2-4-15/h5-8,12,15H,1-4,9-11H2,(H,22,23)(H,26,27). The molecule has 1 aromatic heterocycles. The fourth-order valence-electron chi connectivity index (χ4n) is 4.16. The van der Waals surface area contributed by atoms with Gasteiger partial charge in [0.15, 0.2) is 17.1 Å². The maximum Gasteiger partial charge on any atom is 0.343 e. The quantitative estimate of drug-likeness (QED) is 0.759. The smallest absolute Gasteiger partial charge is 0.343 e. The van der Waals surface area contributed by atoms with Gasteiger partial charge in [-0.25, -0.2) is 4.79 Å². The van der Waals surface area contributed by atoms with Crippen LogP contribution in [0.2, 0.25) is 5.02 Å². The zero-order valence-corrected chi connectivity index (χ0v) is 16.1. The lowest BCUT2D eigenvalue weighted by Crippen LogP contribution is -2.34. The van der Waals surface area contributed by atoms with E-state index in [2.05, 4.69) is 10.5 Å². The van der Waals surface area contributed by atoms with E-state index in [9.17, 15) is 14.7 Å². The van der Waals surface area contributed by atoms with E-state index < -0.39 is 5.97 Å². The first-order valence-electron chi connectivity index (χ1n) is 9.55. The van der Waals surface area contributed by atoms with Gasteiger partial charge >= 0.3 is 5.97 Å². The summed E-state index contributed by atoms with van der Waals surface area (Å²) in [6.07, 6.45) is 5.02. The van der Waals surface area contributed by atoms with Gasteiger partial charge in [0.2, 0.25) is 5.91 Å². The van der Waals surface area contributed by atoms with Crippen LogP contribution in [0, 0.1) is 5.92 Å². The van der Waals surface area contributed by atoms with Crippen LogP contribution in [-0.4, -0.2) is 46.2 Å². The Morgan fingerprint density at radius 1 is 1.29 bits per heavy atom. The summed E-state index contributed by atoms with van der Waals surface area (Å²) in [4.78, 5) is 26.1. The van der Waals surface area contributed by atoms with Crippen molar-refractivity contribution in [3.05, 3.63) is 34.9 Å². The van der Waals surface area contributed by atoms with Crippen LogP contribution in [0.15, 0.2) is 28.8 Å². The largest absolute Gasteiger partial charge is 0.477 e. The number of carboxylic acids is 1. The minimum absolute atomic E-state index is 0.0145. The van der Waals surface area contributed by atoms with Crippen LogP contribution in [0.5, 0.6) is 0 Å². The average Bonchev–Trinajstić information content (AvgIpc) is 3.40. The molecular weight excluding hydrogens is 382 g/mol. The van der Waals surface area contributed by atoms with Gasteiger partial charge in [-0.15, -0.1) is 0 Å². The number of nitrogens with zero attached hydrogens (tertiary/aromatic N) is 2. The number of carboxylic acid groups (broad SMARTS) is 1. The molecule has 8 heteroatoms. The van der Waals surface area contributed by atoms with E-state index in [4.69, 9.17) is 16.1 Å². The Hall–Kier alpha value is -2.54. The number of aromatic carboxylic acids is 1. The number of anilines is 1. The number of likely N-dealkylation sites (tertiary alicyclic amines) is 1. The second-order valence-corrected chi connectivity index (χ2v) is 7.92. The molecule has 1 saturated carbocycles. The summed E-state index contributed by atoms with van der Waals surface area (Å²) >= 11 is 5.89. The fraction of sp³-hybridized carbons (Fsp3) is 0.450. The highest BCUT2D eigenvalue weighted by Gasteiger charge is 2.35. The van der Waals surface area contributed by atoms with Crippen LogP contribution in [0.25, 0.3) is 11.3 Å². The van der Waals surface area contributed by atoms with Crippen LogP contribution in [0.3, 0.4) is 0 Å². The minimum atomic E-state index is -1.12. The summed E-state index contributed by atoms with van der Waals surface area (Å²) in [7, 11) is 0. The third-order valence-electron chi connectivity index (χ3n) is 5.57. The minimum Gasteiger partial charge on any atom is -0.477 e. The van der Waals surface area contributed by atoms with E-state index in [-0.39, 0.29) is 29.0 Å². The van der Waals surface area contributed by atoms with Crippen molar-refractivity contribution >= 4 is 29.3 Å². The molecule has 1 atom stereocenters. The monoisotopic (exact) mass is 403 g/mol. The van der Waals surface area contributed by atoms with Crippen molar-refractivity contribution in [3.8, 4) is 11.3 Å². The van der Waals surface area contributed by atoms with E-state index in [1.54, 1.807) is 24.3 Å². The zero-order chi connectivity index (χ0) is 19.7. The SMILES string of the molecule is O=C(O)c1c(NCC2CC(=O)N(C3CCCC3)C2)noc1-c1ccc(Cl)cc1. The second kappa shape index (κ2) is 7.83. The molecule has 7 nitrogen and oxygen atoms in total. The van der Waals surface area contributed by atoms with Crippen molar-refractivity contribution in [2.24, 2.45) is 5.92 Å². The van der Waals surface area contributed by atoms with Crippen LogP contribution < -0.4 is 5.32 Å². The molecule has 1 amide bonds. The van der Waals surface area contributed by atoms with Crippen LogP contribution in [-0.2, 0) is 4.79 Å². The number of benzene rings is 1. The molecule has 1 aliphatic heterocycles. The van der Waals surface area contributed by atoms with Crippen molar-refractivity contribution in [3.63, 3.8) is 0 Å². The third-order valence-corrected chi connectivity index (χ3v) is 5.83. The Balaban J connectivity index is 1.46. The van der Waals surface area contributed by atoms with E-state index in [0.29, 0.717) is 36.1 Å². The van der Waals surface area contributed by atoms with Crippen molar-refractivity contribution in [1.82, 2.24) is 10.1 Å². The molecule has 148 valence electrons. The molecular formula is C20H22ClN3O4. The summed E-state index contributed by atoms with van der Waals surface area (Å²) in [5.74, 6) is -0.431. The molecule has 28 heavy (non-hydrogen) atoms. The summed E-state index contributed by atoms with van der Waals surface area (Å²) in [6.45, 7) is 1.18. The molecule has 0 radical (unpaired) electrons. The topological polar surface area (TPSA) is 95.7 Å². The molecule has 2 fully saturated rings. The number of carbonyl (C=O) groups is 2. The van der Waals surface area contributed by atoms with E-state index in [1.165, 1.54) is 12.8 Å². The van der Waals surface area contributed by atoms with E-state index in [0.717, 1.165) is 12.8 Å². The molecule has 0 bridgehead atoms. The first kappa shape index (κ1) is 18.8. The lowest BCUT2D eigenvalue weighted by molar-refractivity contribution is -0.129. The Morgan fingerprint density at radius 3 is 2.68 bits per heavy atom. The first-order valence-corrected chi connectivity index (χ1v) is 9.93. The predicted octanol–water partition coefficient (Wildman–Crippen LogP) is 3.90. The number of carbonyl (C=O) groups excluding carboxylic acids is 1. The number of hydrogen-bond acceptors (Lipinski definition) is 5. The van der Waals surface area contributed by atoms with Crippen LogP contribution in [0.4, 0.5) is 5.82 Å². The Morgan fingerprint density at radius 2 is 2.00 bits per heavy atom. The van der Waals surface area contributed by atoms with Crippen molar-refractivity contribution in [1.29, 1.82) is 0 Å². The molecule has 1 aliphatic carbocycles. The molecule has 4 rings (SSSR count). The number of rotatable bonds is 6. The number of aromatic nitrogens is 1. The van der Waals surface area contributed by atoms with Gasteiger partial charge in [0.25, 0.3) is 0 Å². The van der Waals surface area contributed by atoms with Crippen LogP contribution >= 0.6 is 11.6 Å². The first-order chi connectivity index (χ1) is 13.5. The Bertz CT molecular complexity index is 874. The summed E-state index contributed by atoms with van der Waals surface area (Å²) in [5, 5.41) is 17.2. The Labute approximate surface area is 167 Å². The van der Waals surface area contributed by atoms with Crippen molar-refractivity contribution < 1.29 is 19.2 Å². The highest BCUT2D eigenvalue weighted by atomic mass is 35.5. The lowest BCUT2D eigenvalue weighted by atomic mass is 10.1. The zero-order valence-electron chi connectivity index (χ0n) is 15.4. The van der Waals surface area contributed by atoms with Crippen LogP contribution in [0.1, 0.15) is 42.5 Å². The molecule has 2 heterocycles. The molecule has 2 N–H and O–H groups in total. The van der Waals surface area contributed by atoms with Gasteiger partial charge in [-0.3, -0.25) is 4.79 Å². The van der Waals surface area contributed by atoms with Crippen molar-refractivity contribution in [2.75, 3.05) is 18.4 Å². The van der Waals surface area contributed by atoms with Gasteiger partial charge in [-0.2, -0.15) is 0 Å². The third kappa shape index (κ3) is 3.71. The Kier molecular flexibility index (Phi) is 5.26. The second-order valence-electron chi connectivity index (χ2n) is 7.48. The lowest BCUT2D eigenvalue weighted by Gasteiger charge is -2.24. The van der Waals surface area contributed by atoms with Gasteiger partial charge < -0.3 is 19.8 Å². The molecule has 0 spiro atoms. The highest BCUT2D eigenvalue weighted by Crippen LogP contribution is 2.32. The predicted molar refractivity (Wildman–Crippen MR) is 104 cm³/mol. The average molecular weight is 404 g/mol. The number of hydrogen-bond donors (Lipinski definition) is 2. The number of halogens is 1. The van der Waals surface area contributed by atoms with Crippen molar-refractivity contribution in [2.45, 2.75) is 38.1 Å². The molecule has 1 saturated heterocycles. The molecule has 1 unspecified atom stereocenters. The normalized spacial score (nSPS) is 20.1. The summed E-state index contributed by atoms with van der Waals surface area (Å²) in [6, 6.07) is 7.08.